The number of piperidine rings is 1. The van der Waals surface area contributed by atoms with E-state index in [4.69, 9.17) is 0 Å². The van der Waals surface area contributed by atoms with Crippen LogP contribution in [0.3, 0.4) is 0 Å². The molecule has 23 heavy (non-hydrogen) atoms. The number of hydrogen-bond acceptors (Lipinski definition) is 4. The molecule has 0 saturated carbocycles. The average molecular weight is 375 g/mol. The Labute approximate surface area is 144 Å². The summed E-state index contributed by atoms with van der Waals surface area (Å²) < 4.78 is 0.890. The van der Waals surface area contributed by atoms with Crippen molar-refractivity contribution in [3.05, 3.63) is 52.9 Å². The third-order valence-corrected chi connectivity index (χ3v) is 4.64. The monoisotopic (exact) mass is 374 g/mol. The Bertz CT molecular complexity index is 665. The number of carbonyl (C=O) groups excluding carboxylic acids is 1. The van der Waals surface area contributed by atoms with Crippen LogP contribution in [0, 0.1) is 0 Å². The highest BCUT2D eigenvalue weighted by Crippen LogP contribution is 2.28. The molecular formula is C17H19BrN4O. The lowest BCUT2D eigenvalue weighted by Crippen LogP contribution is -2.47. The lowest BCUT2D eigenvalue weighted by atomic mass is 10.0. The van der Waals surface area contributed by atoms with Crippen LogP contribution < -0.4 is 10.2 Å². The summed E-state index contributed by atoms with van der Waals surface area (Å²) in [6.07, 6.45) is 6.68. The first-order chi connectivity index (χ1) is 11.3. The van der Waals surface area contributed by atoms with E-state index in [9.17, 15) is 4.79 Å². The molecule has 6 heteroatoms. The number of nitrogens with one attached hydrogen (secondary N) is 1. The molecule has 1 aliphatic rings. The summed E-state index contributed by atoms with van der Waals surface area (Å²) in [5.74, 6) is 0.872. The number of benzene rings is 1. The van der Waals surface area contributed by atoms with Crippen molar-refractivity contribution in [2.75, 3.05) is 18.0 Å². The van der Waals surface area contributed by atoms with Gasteiger partial charge in [0.2, 0.25) is 0 Å². The zero-order chi connectivity index (χ0) is 16.1. The van der Waals surface area contributed by atoms with Crippen LogP contribution in [0.25, 0.3) is 0 Å². The Hall–Kier alpha value is -1.95. The summed E-state index contributed by atoms with van der Waals surface area (Å²) in [7, 11) is 0. The zero-order valence-electron chi connectivity index (χ0n) is 12.8. The fourth-order valence-electron chi connectivity index (χ4n) is 2.91. The fourth-order valence-corrected chi connectivity index (χ4v) is 3.36. The van der Waals surface area contributed by atoms with E-state index in [2.05, 4.69) is 36.1 Å². The molecule has 0 bridgehead atoms. The van der Waals surface area contributed by atoms with Crippen LogP contribution in [-0.4, -0.2) is 35.0 Å². The summed E-state index contributed by atoms with van der Waals surface area (Å²) in [5, 5.41) is 3.05. The van der Waals surface area contributed by atoms with E-state index in [-0.39, 0.29) is 11.9 Å². The summed E-state index contributed by atoms with van der Waals surface area (Å²) in [6, 6.07) is 9.57. The zero-order valence-corrected chi connectivity index (χ0v) is 14.4. The minimum Gasteiger partial charge on any atom is -0.351 e. The normalized spacial score (nSPS) is 17.8. The van der Waals surface area contributed by atoms with E-state index in [0.717, 1.165) is 29.7 Å². The maximum Gasteiger partial charge on any atom is 0.251 e. The summed E-state index contributed by atoms with van der Waals surface area (Å²) in [5.41, 5.74) is 0.693. The van der Waals surface area contributed by atoms with E-state index < -0.39 is 0 Å². The number of anilines is 1. The minimum atomic E-state index is -0.0297. The van der Waals surface area contributed by atoms with Crippen molar-refractivity contribution in [3.8, 4) is 0 Å². The van der Waals surface area contributed by atoms with Crippen LogP contribution in [0.2, 0.25) is 0 Å². The molecule has 0 radical (unpaired) electrons. The first-order valence-corrected chi connectivity index (χ1v) is 8.60. The van der Waals surface area contributed by atoms with Crippen LogP contribution in [0.1, 0.15) is 29.6 Å². The van der Waals surface area contributed by atoms with Gasteiger partial charge < -0.3 is 10.2 Å². The predicted molar refractivity (Wildman–Crippen MR) is 93.5 cm³/mol. The van der Waals surface area contributed by atoms with Gasteiger partial charge in [0, 0.05) is 30.9 Å². The third-order valence-electron chi connectivity index (χ3n) is 4.08. The molecule has 1 amide bonds. The molecule has 1 saturated heterocycles. The first kappa shape index (κ1) is 15.9. The molecule has 5 nitrogen and oxygen atoms in total. The summed E-state index contributed by atoms with van der Waals surface area (Å²) in [4.78, 5) is 22.9. The maximum absolute atomic E-state index is 12.2. The molecule has 0 aliphatic carbocycles. The molecule has 1 atom stereocenters. The van der Waals surface area contributed by atoms with Crippen molar-refractivity contribution in [1.29, 1.82) is 0 Å². The van der Waals surface area contributed by atoms with E-state index in [1.165, 1.54) is 6.42 Å². The van der Waals surface area contributed by atoms with Crippen molar-refractivity contribution in [3.63, 3.8) is 0 Å². The molecule has 1 aliphatic heterocycles. The van der Waals surface area contributed by atoms with Crippen molar-refractivity contribution in [2.24, 2.45) is 0 Å². The molecule has 1 aromatic carbocycles. The van der Waals surface area contributed by atoms with Crippen LogP contribution in [0.4, 0.5) is 5.82 Å². The Balaban J connectivity index is 1.68. The molecule has 1 aromatic heterocycles. The largest absolute Gasteiger partial charge is 0.351 e. The van der Waals surface area contributed by atoms with Gasteiger partial charge in [0.05, 0.1) is 4.47 Å². The van der Waals surface area contributed by atoms with Gasteiger partial charge in [-0.25, -0.2) is 9.97 Å². The second-order valence-corrected chi connectivity index (χ2v) is 6.47. The van der Waals surface area contributed by atoms with Crippen molar-refractivity contribution in [1.82, 2.24) is 15.3 Å². The van der Waals surface area contributed by atoms with E-state index in [1.807, 2.05) is 30.3 Å². The molecule has 0 spiro atoms. The third kappa shape index (κ3) is 3.88. The highest BCUT2D eigenvalue weighted by Gasteiger charge is 2.25. The van der Waals surface area contributed by atoms with Crippen LogP contribution in [0.15, 0.2) is 47.3 Å². The number of halogens is 1. The van der Waals surface area contributed by atoms with E-state index in [0.29, 0.717) is 12.1 Å². The molecule has 1 N–H and O–H groups in total. The van der Waals surface area contributed by atoms with E-state index >= 15 is 0 Å². The van der Waals surface area contributed by atoms with Gasteiger partial charge in [0.25, 0.3) is 5.91 Å². The number of aromatic nitrogens is 2. The lowest BCUT2D eigenvalue weighted by molar-refractivity contribution is 0.0949. The molecule has 3 rings (SSSR count). The fraction of sp³-hybridized carbons (Fsp3) is 0.353. The van der Waals surface area contributed by atoms with Crippen molar-refractivity contribution < 1.29 is 4.79 Å². The summed E-state index contributed by atoms with van der Waals surface area (Å²) >= 11 is 3.52. The Morgan fingerprint density at radius 1 is 1.30 bits per heavy atom. The number of carbonyl (C=O) groups is 1. The quantitative estimate of drug-likeness (QED) is 0.893. The average Bonchev–Trinajstić information content (AvgIpc) is 2.61. The lowest BCUT2D eigenvalue weighted by Gasteiger charge is -2.37. The second kappa shape index (κ2) is 7.55. The van der Waals surface area contributed by atoms with E-state index in [1.54, 1.807) is 12.5 Å². The molecule has 2 aromatic rings. The van der Waals surface area contributed by atoms with Gasteiger partial charge in [-0.2, -0.15) is 0 Å². The number of amides is 1. The highest BCUT2D eigenvalue weighted by molar-refractivity contribution is 9.10. The van der Waals surface area contributed by atoms with Gasteiger partial charge >= 0.3 is 0 Å². The summed E-state index contributed by atoms with van der Waals surface area (Å²) in [6.45, 7) is 1.56. The first-order valence-electron chi connectivity index (χ1n) is 7.81. The molecule has 120 valence electrons. The number of nitrogens with zero attached hydrogens (tertiary/aromatic N) is 3. The Morgan fingerprint density at radius 2 is 2.13 bits per heavy atom. The Morgan fingerprint density at radius 3 is 2.91 bits per heavy atom. The van der Waals surface area contributed by atoms with Crippen LogP contribution in [0.5, 0.6) is 0 Å². The minimum absolute atomic E-state index is 0.0297. The van der Waals surface area contributed by atoms with Gasteiger partial charge in [-0.15, -0.1) is 0 Å². The molecule has 1 fully saturated rings. The van der Waals surface area contributed by atoms with Gasteiger partial charge in [-0.05, 0) is 47.3 Å². The van der Waals surface area contributed by atoms with Gasteiger partial charge in [-0.1, -0.05) is 18.2 Å². The van der Waals surface area contributed by atoms with Crippen LogP contribution in [-0.2, 0) is 0 Å². The standard InChI is InChI=1S/C17H19BrN4O/c18-15-11-19-12-21-16(15)22-9-5-4-8-14(22)10-20-17(23)13-6-2-1-3-7-13/h1-3,6-7,11-12,14H,4-5,8-10H2,(H,20,23). The SMILES string of the molecule is O=C(NCC1CCCCN1c1ncncc1Br)c1ccccc1. The number of hydrogen-bond donors (Lipinski definition) is 1. The van der Waals surface area contributed by atoms with Gasteiger partial charge in [0.15, 0.2) is 0 Å². The molecule has 2 heterocycles. The maximum atomic E-state index is 12.2. The Kier molecular flexibility index (Phi) is 5.23. The molecular weight excluding hydrogens is 356 g/mol. The van der Waals surface area contributed by atoms with Crippen LogP contribution >= 0.6 is 15.9 Å². The van der Waals surface area contributed by atoms with Gasteiger partial charge in [-0.3, -0.25) is 4.79 Å². The smallest absolute Gasteiger partial charge is 0.251 e. The van der Waals surface area contributed by atoms with Crippen molar-refractivity contribution >= 4 is 27.7 Å². The van der Waals surface area contributed by atoms with Gasteiger partial charge in [0.1, 0.15) is 12.1 Å². The molecule has 1 unspecified atom stereocenters. The topological polar surface area (TPSA) is 58.1 Å². The highest BCUT2D eigenvalue weighted by atomic mass is 79.9. The predicted octanol–water partition coefficient (Wildman–Crippen LogP) is 3.03. The van der Waals surface area contributed by atoms with Crippen molar-refractivity contribution in [2.45, 2.75) is 25.3 Å². The second-order valence-electron chi connectivity index (χ2n) is 5.61. The number of rotatable bonds is 4.